The molecule has 0 saturated carbocycles. The molecule has 2 rings (SSSR count). The molecule has 0 aliphatic rings. The second-order valence-electron chi connectivity index (χ2n) is 3.89. The Morgan fingerprint density at radius 1 is 1.22 bits per heavy atom. The lowest BCUT2D eigenvalue weighted by molar-refractivity contribution is 0.356. The van der Waals surface area contributed by atoms with E-state index in [1.54, 1.807) is 25.6 Å². The maximum Gasteiger partial charge on any atom is 0.169 e. The molecule has 0 atom stereocenters. The third kappa shape index (κ3) is 2.49. The van der Waals surface area contributed by atoms with Crippen molar-refractivity contribution in [1.29, 1.82) is 0 Å². The van der Waals surface area contributed by atoms with Gasteiger partial charge in [0.05, 0.1) is 14.2 Å². The van der Waals surface area contributed by atoms with Crippen LogP contribution in [-0.2, 0) is 6.54 Å². The number of hydrogen-bond acceptors (Lipinski definition) is 4. The van der Waals surface area contributed by atoms with Crippen LogP contribution in [0, 0.1) is 0 Å². The minimum absolute atomic E-state index is 0.763. The number of thiophene rings is 1. The average molecular weight is 263 g/mol. The summed E-state index contributed by atoms with van der Waals surface area (Å²) >= 11 is 1.72. The van der Waals surface area contributed by atoms with Crippen LogP contribution in [0.2, 0.25) is 0 Å². The van der Waals surface area contributed by atoms with E-state index in [2.05, 4.69) is 22.8 Å². The zero-order valence-electron chi connectivity index (χ0n) is 10.8. The highest BCUT2D eigenvalue weighted by Gasteiger charge is 2.12. The molecule has 0 aliphatic heterocycles. The van der Waals surface area contributed by atoms with Crippen LogP contribution < -0.4 is 14.8 Å². The van der Waals surface area contributed by atoms with E-state index in [4.69, 9.17) is 9.47 Å². The first-order valence-corrected chi connectivity index (χ1v) is 6.61. The summed E-state index contributed by atoms with van der Waals surface area (Å²) in [6, 6.07) is 8.12. The zero-order valence-corrected chi connectivity index (χ0v) is 11.6. The number of methoxy groups -OCH3 is 2. The number of rotatable bonds is 5. The molecule has 0 saturated heterocycles. The molecular weight excluding hydrogens is 246 g/mol. The van der Waals surface area contributed by atoms with Gasteiger partial charge in [-0.1, -0.05) is 6.07 Å². The molecule has 0 spiro atoms. The van der Waals surface area contributed by atoms with Crippen LogP contribution in [0.25, 0.3) is 10.4 Å². The van der Waals surface area contributed by atoms with Gasteiger partial charge in [-0.2, -0.15) is 0 Å². The molecule has 0 bridgehead atoms. The Kier molecular flexibility index (Phi) is 4.23. The predicted octanol–water partition coefficient (Wildman–Crippen LogP) is 3.15. The lowest BCUT2D eigenvalue weighted by atomic mass is 10.1. The first-order valence-electron chi connectivity index (χ1n) is 5.73. The summed E-state index contributed by atoms with van der Waals surface area (Å²) in [4.78, 5) is 1.19. The Bertz CT molecular complexity index is 522. The van der Waals surface area contributed by atoms with Gasteiger partial charge >= 0.3 is 0 Å². The summed E-state index contributed by atoms with van der Waals surface area (Å²) in [5.74, 6) is 1.55. The van der Waals surface area contributed by atoms with Crippen molar-refractivity contribution in [1.82, 2.24) is 5.32 Å². The van der Waals surface area contributed by atoms with Crippen molar-refractivity contribution in [3.63, 3.8) is 0 Å². The highest BCUT2D eigenvalue weighted by Crippen LogP contribution is 2.40. The molecule has 0 aliphatic carbocycles. The first-order chi connectivity index (χ1) is 8.80. The van der Waals surface area contributed by atoms with Crippen LogP contribution in [-0.4, -0.2) is 21.3 Å². The minimum Gasteiger partial charge on any atom is -0.493 e. The molecule has 1 N–H and O–H groups in total. The summed E-state index contributed by atoms with van der Waals surface area (Å²) in [6.07, 6.45) is 0. The van der Waals surface area contributed by atoms with Gasteiger partial charge < -0.3 is 14.8 Å². The number of para-hydroxylation sites is 1. The fourth-order valence-corrected chi connectivity index (χ4v) is 2.83. The molecule has 0 amide bonds. The SMILES string of the molecule is CNCc1csc(-c2cccc(OC)c2OC)c1. The van der Waals surface area contributed by atoms with Crippen LogP contribution in [0.3, 0.4) is 0 Å². The Morgan fingerprint density at radius 2 is 2.06 bits per heavy atom. The van der Waals surface area contributed by atoms with Gasteiger partial charge in [0.25, 0.3) is 0 Å². The highest BCUT2D eigenvalue weighted by atomic mass is 32.1. The number of benzene rings is 1. The average Bonchev–Trinajstić information content (AvgIpc) is 2.86. The largest absolute Gasteiger partial charge is 0.493 e. The number of nitrogens with one attached hydrogen (secondary N) is 1. The van der Waals surface area contributed by atoms with Crippen LogP contribution in [0.1, 0.15) is 5.56 Å². The molecule has 1 aromatic heterocycles. The van der Waals surface area contributed by atoms with E-state index >= 15 is 0 Å². The quantitative estimate of drug-likeness (QED) is 0.899. The number of hydrogen-bond donors (Lipinski definition) is 1. The van der Waals surface area contributed by atoms with Crippen molar-refractivity contribution in [3.8, 4) is 21.9 Å². The molecule has 0 unspecified atom stereocenters. The van der Waals surface area contributed by atoms with Gasteiger partial charge in [-0.15, -0.1) is 11.3 Å². The maximum absolute atomic E-state index is 5.46. The van der Waals surface area contributed by atoms with E-state index in [1.807, 2.05) is 19.2 Å². The smallest absolute Gasteiger partial charge is 0.169 e. The molecule has 2 aromatic rings. The van der Waals surface area contributed by atoms with Crippen molar-refractivity contribution in [2.75, 3.05) is 21.3 Å². The lowest BCUT2D eigenvalue weighted by Gasteiger charge is -2.11. The van der Waals surface area contributed by atoms with Gasteiger partial charge in [-0.3, -0.25) is 0 Å². The second kappa shape index (κ2) is 5.89. The Balaban J connectivity index is 2.42. The highest BCUT2D eigenvalue weighted by molar-refractivity contribution is 7.13. The van der Waals surface area contributed by atoms with Gasteiger partial charge in [0.1, 0.15) is 0 Å². The second-order valence-corrected chi connectivity index (χ2v) is 4.80. The molecule has 0 fully saturated rings. The monoisotopic (exact) mass is 263 g/mol. The molecular formula is C14H17NO2S. The van der Waals surface area contributed by atoms with Crippen LogP contribution in [0.4, 0.5) is 0 Å². The lowest BCUT2D eigenvalue weighted by Crippen LogP contribution is -2.03. The molecule has 0 radical (unpaired) electrons. The van der Waals surface area contributed by atoms with Gasteiger partial charge in [0.15, 0.2) is 11.5 Å². The van der Waals surface area contributed by atoms with Crippen molar-refractivity contribution in [2.24, 2.45) is 0 Å². The fourth-order valence-electron chi connectivity index (χ4n) is 1.89. The molecule has 18 heavy (non-hydrogen) atoms. The Hall–Kier alpha value is -1.52. The summed E-state index contributed by atoms with van der Waals surface area (Å²) in [5, 5.41) is 5.31. The molecule has 3 nitrogen and oxygen atoms in total. The van der Waals surface area contributed by atoms with Crippen molar-refractivity contribution < 1.29 is 9.47 Å². The van der Waals surface area contributed by atoms with E-state index in [0.29, 0.717) is 0 Å². The van der Waals surface area contributed by atoms with Crippen LogP contribution >= 0.6 is 11.3 Å². The van der Waals surface area contributed by atoms with Gasteiger partial charge in [0.2, 0.25) is 0 Å². The zero-order chi connectivity index (χ0) is 13.0. The van der Waals surface area contributed by atoms with Crippen molar-refractivity contribution in [2.45, 2.75) is 6.54 Å². The summed E-state index contributed by atoms with van der Waals surface area (Å²) in [5.41, 5.74) is 2.35. The standard InChI is InChI=1S/C14H17NO2S/c1-15-8-10-7-13(18-9-10)11-5-4-6-12(16-2)14(11)17-3/h4-7,9,15H,8H2,1-3H3. The third-order valence-corrected chi connectivity index (χ3v) is 3.72. The molecule has 1 heterocycles. The van der Waals surface area contributed by atoms with Crippen LogP contribution in [0.15, 0.2) is 29.6 Å². The summed E-state index contributed by atoms with van der Waals surface area (Å²) < 4.78 is 10.8. The predicted molar refractivity (Wildman–Crippen MR) is 75.6 cm³/mol. The Labute approximate surface area is 111 Å². The molecule has 4 heteroatoms. The Morgan fingerprint density at radius 3 is 2.72 bits per heavy atom. The third-order valence-electron chi connectivity index (χ3n) is 2.70. The molecule has 96 valence electrons. The van der Waals surface area contributed by atoms with E-state index < -0.39 is 0 Å². The van der Waals surface area contributed by atoms with Gasteiger partial charge in [0, 0.05) is 17.0 Å². The van der Waals surface area contributed by atoms with E-state index in [-0.39, 0.29) is 0 Å². The van der Waals surface area contributed by atoms with E-state index in [9.17, 15) is 0 Å². The van der Waals surface area contributed by atoms with Gasteiger partial charge in [-0.25, -0.2) is 0 Å². The minimum atomic E-state index is 0.763. The maximum atomic E-state index is 5.46. The topological polar surface area (TPSA) is 30.5 Å². The normalized spacial score (nSPS) is 10.4. The fraction of sp³-hybridized carbons (Fsp3) is 0.286. The first kappa shape index (κ1) is 12.9. The van der Waals surface area contributed by atoms with Crippen LogP contribution in [0.5, 0.6) is 11.5 Å². The van der Waals surface area contributed by atoms with Crippen molar-refractivity contribution in [3.05, 3.63) is 35.2 Å². The summed E-state index contributed by atoms with van der Waals surface area (Å²) in [7, 11) is 5.27. The number of ether oxygens (including phenoxy) is 2. The van der Waals surface area contributed by atoms with Crippen molar-refractivity contribution >= 4 is 11.3 Å². The van der Waals surface area contributed by atoms with E-state index in [0.717, 1.165) is 23.6 Å². The van der Waals surface area contributed by atoms with E-state index in [1.165, 1.54) is 10.4 Å². The molecule has 1 aromatic carbocycles. The summed E-state index contributed by atoms with van der Waals surface area (Å²) in [6.45, 7) is 0.878. The van der Waals surface area contributed by atoms with Gasteiger partial charge in [-0.05, 0) is 36.2 Å².